The molecular formula is C16H25N5O15P2. The van der Waals surface area contributed by atoms with Crippen LogP contribution >= 0.6 is 15.6 Å². The molecule has 0 spiro atoms. The van der Waals surface area contributed by atoms with E-state index < -0.39 is 77.8 Å². The van der Waals surface area contributed by atoms with Crippen LogP contribution in [0.25, 0.3) is 11.2 Å². The third kappa shape index (κ3) is 6.76. The van der Waals surface area contributed by atoms with E-state index in [9.17, 15) is 49.2 Å². The van der Waals surface area contributed by atoms with Crippen molar-refractivity contribution in [1.82, 2.24) is 19.5 Å². The number of carbonyl (C=O) groups is 1. The summed E-state index contributed by atoms with van der Waals surface area (Å²) in [6, 6.07) is 0. The average molecular weight is 589 g/mol. The van der Waals surface area contributed by atoms with E-state index in [-0.39, 0.29) is 23.3 Å². The van der Waals surface area contributed by atoms with E-state index >= 15 is 0 Å². The Labute approximate surface area is 212 Å². The highest BCUT2D eigenvalue weighted by atomic mass is 31.3. The summed E-state index contributed by atoms with van der Waals surface area (Å²) in [5.41, 5.74) is 6.00. The lowest BCUT2D eigenvalue weighted by atomic mass is 10.0. The molecule has 2 unspecified atom stereocenters. The number of ether oxygens (including phenoxy) is 1. The second kappa shape index (κ2) is 12.0. The predicted octanol–water partition coefficient (Wildman–Crippen LogP) is -4.08. The van der Waals surface area contributed by atoms with Crippen molar-refractivity contribution in [1.29, 1.82) is 0 Å². The fraction of sp³-hybridized carbons (Fsp3) is 0.625. The summed E-state index contributed by atoms with van der Waals surface area (Å²) in [6.07, 6.45) is -13.0. The van der Waals surface area contributed by atoms with E-state index in [2.05, 4.69) is 28.3 Å². The number of rotatable bonds is 13. The van der Waals surface area contributed by atoms with E-state index in [1.54, 1.807) is 0 Å². The molecule has 0 aromatic carbocycles. The second-order valence-corrected chi connectivity index (χ2v) is 10.9. The van der Waals surface area contributed by atoms with Crippen LogP contribution < -0.4 is 5.73 Å². The summed E-state index contributed by atoms with van der Waals surface area (Å²) < 4.78 is 43.9. The van der Waals surface area contributed by atoms with Crippen LogP contribution in [-0.2, 0) is 32.0 Å². The minimum atomic E-state index is -5.67. The highest BCUT2D eigenvalue weighted by molar-refractivity contribution is 7.61. The van der Waals surface area contributed by atoms with Crippen molar-refractivity contribution in [3.63, 3.8) is 0 Å². The van der Waals surface area contributed by atoms with Crippen LogP contribution in [0.15, 0.2) is 12.7 Å². The number of aliphatic hydroxyl groups excluding tert-OH is 6. The molecule has 10 atom stereocenters. The van der Waals surface area contributed by atoms with Gasteiger partial charge in [0.1, 0.15) is 48.5 Å². The van der Waals surface area contributed by atoms with Crippen LogP contribution in [0, 0.1) is 0 Å². The number of anilines is 1. The molecule has 0 bridgehead atoms. The SMILES string of the molecule is Nc1ncnc2c1ncn2[C@@H]1O[C@H](COP(=O)(O)OP(=O)(O)O[C@@H](C=O)[C@@H](O)[C@H](O)[C@H](O)CO)[C@@H](O)[C@H]1O. The molecule has 214 valence electrons. The monoisotopic (exact) mass is 589 g/mol. The van der Waals surface area contributed by atoms with E-state index in [0.717, 1.165) is 6.33 Å². The summed E-state index contributed by atoms with van der Waals surface area (Å²) >= 11 is 0. The molecule has 0 radical (unpaired) electrons. The zero-order valence-electron chi connectivity index (χ0n) is 19.0. The van der Waals surface area contributed by atoms with Crippen molar-refractivity contribution in [2.75, 3.05) is 18.9 Å². The first kappa shape index (κ1) is 30.5. The van der Waals surface area contributed by atoms with Crippen LogP contribution in [0.3, 0.4) is 0 Å². The molecule has 2 aromatic rings. The maximum Gasteiger partial charge on any atom is 0.481 e. The van der Waals surface area contributed by atoms with Gasteiger partial charge in [0.2, 0.25) is 0 Å². The first-order valence-corrected chi connectivity index (χ1v) is 13.4. The summed E-state index contributed by atoms with van der Waals surface area (Å²) in [5, 5.41) is 58.2. The molecule has 1 aliphatic heterocycles. The maximum absolute atomic E-state index is 12.2. The standard InChI is InChI=1S/C16H25N5O15P2/c17-14-9-15(19-4-18-14)21(5-20-9)16-13(28)12(27)8(34-16)3-33-37(29,30)36-38(31,32)35-7(2-23)11(26)10(25)6(24)1-22/h2,4-8,10-13,16,22,24-28H,1,3H2,(H,29,30)(H,31,32)(H2,17,18,19)/t6-,7+,8-,10-,11-,12-,13-,16-/m1/s1. The minimum absolute atomic E-state index is 0.0270. The molecule has 20 nitrogen and oxygen atoms in total. The van der Waals surface area contributed by atoms with E-state index in [4.69, 9.17) is 15.6 Å². The van der Waals surface area contributed by atoms with Crippen molar-refractivity contribution in [3.8, 4) is 0 Å². The van der Waals surface area contributed by atoms with Crippen molar-refractivity contribution in [2.45, 2.75) is 49.0 Å². The normalized spacial score (nSPS) is 28.3. The minimum Gasteiger partial charge on any atom is -0.394 e. The van der Waals surface area contributed by atoms with Gasteiger partial charge in [-0.15, -0.1) is 0 Å². The third-order valence-electron chi connectivity index (χ3n) is 5.26. The molecule has 1 saturated heterocycles. The van der Waals surface area contributed by atoms with Gasteiger partial charge in [0.05, 0.1) is 19.5 Å². The Morgan fingerprint density at radius 1 is 1.11 bits per heavy atom. The number of nitrogens with two attached hydrogens (primary N) is 1. The lowest BCUT2D eigenvalue weighted by Gasteiger charge is -2.27. The largest absolute Gasteiger partial charge is 0.481 e. The lowest BCUT2D eigenvalue weighted by Crippen LogP contribution is -2.47. The van der Waals surface area contributed by atoms with Gasteiger partial charge in [-0.25, -0.2) is 24.1 Å². The van der Waals surface area contributed by atoms with Gasteiger partial charge >= 0.3 is 15.6 Å². The molecule has 2 aromatic heterocycles. The Kier molecular flexibility index (Phi) is 9.67. The molecule has 22 heteroatoms. The molecule has 0 amide bonds. The van der Waals surface area contributed by atoms with Crippen LogP contribution in [0.2, 0.25) is 0 Å². The zero-order valence-corrected chi connectivity index (χ0v) is 20.7. The summed E-state index contributed by atoms with van der Waals surface area (Å²) in [7, 11) is -11.2. The Balaban J connectivity index is 1.63. The van der Waals surface area contributed by atoms with Gasteiger partial charge in [-0.1, -0.05) is 0 Å². The smallest absolute Gasteiger partial charge is 0.394 e. The van der Waals surface area contributed by atoms with Crippen molar-refractivity contribution < 1.29 is 72.4 Å². The van der Waals surface area contributed by atoms with E-state index in [0.29, 0.717) is 0 Å². The summed E-state index contributed by atoms with van der Waals surface area (Å²) in [5.74, 6) is 0.0270. The molecule has 3 heterocycles. The molecule has 38 heavy (non-hydrogen) atoms. The number of hydrogen-bond acceptors (Lipinski definition) is 17. The van der Waals surface area contributed by atoms with Crippen LogP contribution in [0.5, 0.6) is 0 Å². The number of nitrogen functional groups attached to an aromatic ring is 1. The average Bonchev–Trinajstić information content (AvgIpc) is 3.41. The first-order valence-electron chi connectivity index (χ1n) is 10.5. The highest BCUT2D eigenvalue weighted by Gasteiger charge is 2.47. The second-order valence-electron chi connectivity index (χ2n) is 7.88. The summed E-state index contributed by atoms with van der Waals surface area (Å²) in [4.78, 5) is 42.4. The zero-order chi connectivity index (χ0) is 28.4. The quantitative estimate of drug-likeness (QED) is 0.0792. The number of fused-ring (bicyclic) bond motifs is 1. The van der Waals surface area contributed by atoms with Gasteiger partial charge in [-0.05, 0) is 0 Å². The van der Waals surface area contributed by atoms with Crippen molar-refractivity contribution in [2.24, 2.45) is 0 Å². The number of nitrogens with zero attached hydrogens (tertiary/aromatic N) is 4. The Morgan fingerprint density at radius 3 is 2.42 bits per heavy atom. The number of hydrogen-bond donors (Lipinski definition) is 9. The third-order valence-corrected chi connectivity index (χ3v) is 7.90. The Morgan fingerprint density at radius 2 is 1.79 bits per heavy atom. The maximum atomic E-state index is 12.2. The number of aldehydes is 1. The molecule has 10 N–H and O–H groups in total. The van der Waals surface area contributed by atoms with Gasteiger partial charge in [-0.3, -0.25) is 13.6 Å². The summed E-state index contributed by atoms with van der Waals surface area (Å²) in [6.45, 7) is -2.03. The fourth-order valence-electron chi connectivity index (χ4n) is 3.35. The molecule has 1 aliphatic rings. The number of carbonyl (C=O) groups excluding carboxylic acids is 1. The number of imidazole rings is 1. The van der Waals surface area contributed by atoms with Gasteiger partial charge in [0.25, 0.3) is 0 Å². The Hall–Kier alpha value is -2.00. The van der Waals surface area contributed by atoms with Crippen LogP contribution in [0.4, 0.5) is 5.82 Å². The van der Waals surface area contributed by atoms with E-state index in [1.165, 1.54) is 10.9 Å². The molecule has 3 rings (SSSR count). The molecular weight excluding hydrogens is 564 g/mol. The number of aliphatic hydroxyl groups is 6. The van der Waals surface area contributed by atoms with Gasteiger partial charge in [0.15, 0.2) is 30.1 Å². The number of phosphoric acid groups is 2. The number of phosphoric ester groups is 2. The lowest BCUT2D eigenvalue weighted by molar-refractivity contribution is -0.135. The molecule has 0 saturated carbocycles. The van der Waals surface area contributed by atoms with Crippen LogP contribution in [0.1, 0.15) is 6.23 Å². The van der Waals surface area contributed by atoms with Gasteiger partial charge in [-0.2, -0.15) is 4.31 Å². The fourth-order valence-corrected chi connectivity index (χ4v) is 5.55. The van der Waals surface area contributed by atoms with E-state index in [1.807, 2.05) is 0 Å². The van der Waals surface area contributed by atoms with Crippen LogP contribution in [-0.4, -0.2) is 122 Å². The van der Waals surface area contributed by atoms with Crippen molar-refractivity contribution in [3.05, 3.63) is 12.7 Å². The van der Waals surface area contributed by atoms with Crippen molar-refractivity contribution >= 4 is 38.9 Å². The highest BCUT2D eigenvalue weighted by Crippen LogP contribution is 2.61. The number of aromatic nitrogens is 4. The topological polar surface area (TPSA) is 320 Å². The van der Waals surface area contributed by atoms with Gasteiger partial charge in [0, 0.05) is 0 Å². The predicted molar refractivity (Wildman–Crippen MR) is 118 cm³/mol. The molecule has 1 fully saturated rings. The first-order chi connectivity index (χ1) is 17.7. The Bertz CT molecular complexity index is 1220. The van der Waals surface area contributed by atoms with Gasteiger partial charge < -0.3 is 55.7 Å². The molecule has 0 aliphatic carbocycles.